The van der Waals surface area contributed by atoms with Gasteiger partial charge in [-0.3, -0.25) is 4.90 Å². The number of benzene rings is 2. The zero-order valence-corrected chi connectivity index (χ0v) is 17.3. The summed E-state index contributed by atoms with van der Waals surface area (Å²) in [6, 6.07) is 15.1. The summed E-state index contributed by atoms with van der Waals surface area (Å²) in [5.74, 6) is 0.825. The molecule has 0 amide bonds. The maximum absolute atomic E-state index is 6.65. The normalized spacial score (nSPS) is 14.6. The van der Waals surface area contributed by atoms with Crippen LogP contribution in [0.25, 0.3) is 16.6 Å². The number of rotatable bonds is 3. The molecule has 5 heteroatoms. The predicted molar refractivity (Wildman–Crippen MR) is 117 cm³/mol. The molecule has 1 aliphatic heterocycles. The van der Waals surface area contributed by atoms with Gasteiger partial charge in [0.05, 0.1) is 10.5 Å². The van der Waals surface area contributed by atoms with Gasteiger partial charge in [-0.2, -0.15) is 11.3 Å². The molecule has 3 heterocycles. The molecule has 3 nitrogen and oxygen atoms in total. The standard InChI is InChI=1S/C23H21ClN2OS/c1-16-2-3-22-18(10-16)4-6-26(22)20-11-19-14-25(13-17-5-9-28-15-17)7-8-27-23(19)21(24)12-20/h2-6,9-12,15H,7-8,13-14H2,1H3. The summed E-state index contributed by atoms with van der Waals surface area (Å²) in [7, 11) is 0. The molecule has 0 bridgehead atoms. The van der Waals surface area contributed by atoms with Crippen LogP contribution in [0.1, 0.15) is 16.7 Å². The van der Waals surface area contributed by atoms with E-state index in [2.05, 4.69) is 69.7 Å². The second-order valence-corrected chi connectivity index (χ2v) is 8.54. The number of nitrogens with zero attached hydrogens (tertiary/aromatic N) is 2. The molecule has 1 aliphatic rings. The average molecular weight is 409 g/mol. The second kappa shape index (κ2) is 7.28. The SMILES string of the molecule is Cc1ccc2c(ccn2-c2cc(Cl)c3c(c2)CN(Cc2ccsc2)CCO3)c1. The van der Waals surface area contributed by atoms with Crippen molar-refractivity contribution in [2.45, 2.75) is 20.0 Å². The first-order chi connectivity index (χ1) is 13.7. The molecule has 4 aromatic rings. The molecule has 0 saturated carbocycles. The monoisotopic (exact) mass is 408 g/mol. The summed E-state index contributed by atoms with van der Waals surface area (Å²) in [5, 5.41) is 6.26. The van der Waals surface area contributed by atoms with Crippen LogP contribution >= 0.6 is 22.9 Å². The lowest BCUT2D eigenvalue weighted by atomic mass is 10.1. The largest absolute Gasteiger partial charge is 0.490 e. The van der Waals surface area contributed by atoms with Crippen LogP contribution in [-0.2, 0) is 13.1 Å². The highest BCUT2D eigenvalue weighted by molar-refractivity contribution is 7.07. The van der Waals surface area contributed by atoms with Gasteiger partial charge in [0.15, 0.2) is 0 Å². The minimum Gasteiger partial charge on any atom is -0.490 e. The lowest BCUT2D eigenvalue weighted by molar-refractivity contribution is 0.220. The van der Waals surface area contributed by atoms with Gasteiger partial charge in [-0.05, 0) is 59.6 Å². The molecule has 2 aromatic heterocycles. The zero-order chi connectivity index (χ0) is 19.1. The van der Waals surface area contributed by atoms with E-state index in [0.29, 0.717) is 11.6 Å². The van der Waals surface area contributed by atoms with Gasteiger partial charge >= 0.3 is 0 Å². The van der Waals surface area contributed by atoms with Crippen LogP contribution in [0.2, 0.25) is 5.02 Å². The molecular weight excluding hydrogens is 388 g/mol. The summed E-state index contributed by atoms with van der Waals surface area (Å²) in [6.07, 6.45) is 2.11. The van der Waals surface area contributed by atoms with Gasteiger partial charge in [-0.15, -0.1) is 0 Å². The van der Waals surface area contributed by atoms with Gasteiger partial charge in [-0.1, -0.05) is 23.2 Å². The molecule has 0 aliphatic carbocycles. The molecule has 0 fully saturated rings. The van der Waals surface area contributed by atoms with E-state index in [1.54, 1.807) is 11.3 Å². The van der Waals surface area contributed by atoms with Crippen LogP contribution in [0.4, 0.5) is 0 Å². The maximum atomic E-state index is 6.65. The highest BCUT2D eigenvalue weighted by Gasteiger charge is 2.20. The second-order valence-electron chi connectivity index (χ2n) is 7.35. The van der Waals surface area contributed by atoms with Crippen molar-refractivity contribution in [1.82, 2.24) is 9.47 Å². The number of hydrogen-bond donors (Lipinski definition) is 0. The van der Waals surface area contributed by atoms with Gasteiger partial charge in [0, 0.05) is 42.5 Å². The molecule has 0 atom stereocenters. The maximum Gasteiger partial charge on any atom is 0.142 e. The van der Waals surface area contributed by atoms with Crippen LogP contribution in [-0.4, -0.2) is 22.6 Å². The van der Waals surface area contributed by atoms with E-state index in [1.165, 1.54) is 22.0 Å². The van der Waals surface area contributed by atoms with Crippen molar-refractivity contribution in [2.24, 2.45) is 0 Å². The van der Waals surface area contributed by atoms with Crippen LogP contribution in [0.15, 0.2) is 59.4 Å². The molecule has 0 saturated heterocycles. The Balaban J connectivity index is 1.53. The first-order valence-electron chi connectivity index (χ1n) is 9.44. The first-order valence-corrected chi connectivity index (χ1v) is 10.8. The number of halogens is 1. The van der Waals surface area contributed by atoms with E-state index < -0.39 is 0 Å². The van der Waals surface area contributed by atoms with Gasteiger partial charge < -0.3 is 9.30 Å². The van der Waals surface area contributed by atoms with Gasteiger partial charge in [0.25, 0.3) is 0 Å². The van der Waals surface area contributed by atoms with Crippen LogP contribution < -0.4 is 4.74 Å². The summed E-state index contributed by atoms with van der Waals surface area (Å²) < 4.78 is 8.23. The van der Waals surface area contributed by atoms with Crippen molar-refractivity contribution < 1.29 is 4.74 Å². The summed E-state index contributed by atoms with van der Waals surface area (Å²) in [5.41, 5.74) is 6.02. The Hall–Kier alpha value is -2.27. The number of ether oxygens (including phenoxy) is 1. The van der Waals surface area contributed by atoms with Crippen molar-refractivity contribution in [3.8, 4) is 11.4 Å². The van der Waals surface area contributed by atoms with Crippen molar-refractivity contribution in [3.05, 3.63) is 81.1 Å². The fraction of sp³-hybridized carbons (Fsp3) is 0.217. The summed E-state index contributed by atoms with van der Waals surface area (Å²) >= 11 is 8.39. The number of hydrogen-bond acceptors (Lipinski definition) is 3. The van der Waals surface area contributed by atoms with Crippen LogP contribution in [0, 0.1) is 6.92 Å². The molecule has 5 rings (SSSR count). The van der Waals surface area contributed by atoms with Crippen molar-refractivity contribution >= 4 is 33.8 Å². The highest BCUT2D eigenvalue weighted by Crippen LogP contribution is 2.35. The lowest BCUT2D eigenvalue weighted by Crippen LogP contribution is -2.25. The number of fused-ring (bicyclic) bond motifs is 2. The molecule has 28 heavy (non-hydrogen) atoms. The van der Waals surface area contributed by atoms with Gasteiger partial charge in [-0.25, -0.2) is 0 Å². The zero-order valence-electron chi connectivity index (χ0n) is 15.7. The van der Waals surface area contributed by atoms with E-state index in [9.17, 15) is 0 Å². The van der Waals surface area contributed by atoms with Gasteiger partial charge in [0.2, 0.25) is 0 Å². The predicted octanol–water partition coefficient (Wildman–Crippen LogP) is 6.05. The van der Waals surface area contributed by atoms with Crippen LogP contribution in [0.5, 0.6) is 5.75 Å². The highest BCUT2D eigenvalue weighted by atomic mass is 35.5. The molecule has 0 unspecified atom stereocenters. The molecule has 0 spiro atoms. The molecule has 142 valence electrons. The van der Waals surface area contributed by atoms with E-state index in [1.807, 2.05) is 6.07 Å². The molecule has 0 radical (unpaired) electrons. The smallest absolute Gasteiger partial charge is 0.142 e. The third-order valence-electron chi connectivity index (χ3n) is 5.26. The number of thiophene rings is 1. The fourth-order valence-electron chi connectivity index (χ4n) is 3.91. The van der Waals surface area contributed by atoms with Crippen molar-refractivity contribution in [2.75, 3.05) is 13.2 Å². The van der Waals surface area contributed by atoms with Gasteiger partial charge in [0.1, 0.15) is 12.4 Å². The Kier molecular flexibility index (Phi) is 4.63. The minimum absolute atomic E-state index is 0.655. The molecule has 0 N–H and O–H groups in total. The third-order valence-corrected chi connectivity index (χ3v) is 6.28. The lowest BCUT2D eigenvalue weighted by Gasteiger charge is -2.19. The van der Waals surface area contributed by atoms with E-state index >= 15 is 0 Å². The number of aromatic nitrogens is 1. The summed E-state index contributed by atoms with van der Waals surface area (Å²) in [6.45, 7) is 5.43. The number of aryl methyl sites for hydroxylation is 1. The Bertz CT molecular complexity index is 1130. The van der Waals surface area contributed by atoms with E-state index in [-0.39, 0.29) is 0 Å². The Labute approximate surface area is 173 Å². The fourth-order valence-corrected chi connectivity index (χ4v) is 4.86. The molecule has 2 aromatic carbocycles. The third kappa shape index (κ3) is 3.32. The average Bonchev–Trinajstić information content (AvgIpc) is 3.27. The van der Waals surface area contributed by atoms with Crippen molar-refractivity contribution in [3.63, 3.8) is 0 Å². The van der Waals surface area contributed by atoms with Crippen LogP contribution in [0.3, 0.4) is 0 Å². The quantitative estimate of drug-likeness (QED) is 0.410. The Morgan fingerprint density at radius 2 is 2.07 bits per heavy atom. The van der Waals surface area contributed by atoms with E-state index in [0.717, 1.165) is 36.6 Å². The van der Waals surface area contributed by atoms with E-state index in [4.69, 9.17) is 16.3 Å². The minimum atomic E-state index is 0.655. The van der Waals surface area contributed by atoms with Crippen molar-refractivity contribution in [1.29, 1.82) is 0 Å². The Morgan fingerprint density at radius 3 is 2.93 bits per heavy atom. The summed E-state index contributed by atoms with van der Waals surface area (Å²) in [4.78, 5) is 2.42. The topological polar surface area (TPSA) is 17.4 Å². The molecular formula is C23H21ClN2OS. The first kappa shape index (κ1) is 17.8. The Morgan fingerprint density at radius 1 is 1.14 bits per heavy atom.